The molecule has 5 nitrogen and oxygen atoms in total. The highest BCUT2D eigenvalue weighted by Crippen LogP contribution is 2.02. The first-order valence-corrected chi connectivity index (χ1v) is 4.80. The molecule has 0 radical (unpaired) electrons. The van der Waals surface area contributed by atoms with Gasteiger partial charge in [-0.3, -0.25) is 11.1 Å². The third-order valence-electron chi connectivity index (χ3n) is 1.87. The van der Waals surface area contributed by atoms with Crippen molar-refractivity contribution >= 4 is 0 Å². The molecule has 13 heavy (non-hydrogen) atoms. The summed E-state index contributed by atoms with van der Waals surface area (Å²) < 4.78 is 0. The van der Waals surface area contributed by atoms with Crippen molar-refractivity contribution in [3.63, 3.8) is 0 Å². The minimum atomic E-state index is -0.482. The minimum Gasteiger partial charge on any atom is -0.565 e. The molecule has 1 atom stereocenters. The average molecular weight is 188 g/mol. The van der Waals surface area contributed by atoms with Gasteiger partial charge < -0.3 is 11.2 Å². The number of hydrazine groups is 2. The molecule has 0 rings (SSSR count). The van der Waals surface area contributed by atoms with Crippen molar-refractivity contribution in [3.05, 3.63) is 5.43 Å². The van der Waals surface area contributed by atoms with E-state index in [-0.39, 0.29) is 0 Å². The molecule has 0 aromatic rings. The van der Waals surface area contributed by atoms with Gasteiger partial charge in [0.15, 0.2) is 0 Å². The molecule has 0 heterocycles. The minimum absolute atomic E-state index is 0.482. The molecule has 0 fully saturated rings. The summed E-state index contributed by atoms with van der Waals surface area (Å²) in [4.78, 5) is 0. The molecule has 0 amide bonds. The highest BCUT2D eigenvalue weighted by Gasteiger charge is 2.13. The Kier molecular flexibility index (Phi) is 6.19. The molecular formula is C8H22N5-. The summed E-state index contributed by atoms with van der Waals surface area (Å²) in [7, 11) is 0. The van der Waals surface area contributed by atoms with Gasteiger partial charge in [0.05, 0.1) is 5.66 Å². The van der Waals surface area contributed by atoms with Crippen LogP contribution in [0.3, 0.4) is 0 Å². The molecule has 0 spiro atoms. The SMILES string of the molecule is CCCC[N-]N(N)NC(C)(N)CC. The van der Waals surface area contributed by atoms with E-state index in [4.69, 9.17) is 11.6 Å². The summed E-state index contributed by atoms with van der Waals surface area (Å²) in [5.74, 6) is 5.55. The second-order valence-corrected chi connectivity index (χ2v) is 3.45. The number of nitrogens with one attached hydrogen (secondary N) is 1. The van der Waals surface area contributed by atoms with Crippen LogP contribution in [0.1, 0.15) is 40.0 Å². The first kappa shape index (κ1) is 12.8. The smallest absolute Gasteiger partial charge is 0.0760 e. The molecule has 0 aliphatic carbocycles. The number of nitrogens with two attached hydrogens (primary N) is 2. The van der Waals surface area contributed by atoms with Crippen LogP contribution >= 0.6 is 0 Å². The molecule has 0 bridgehead atoms. The van der Waals surface area contributed by atoms with Crippen molar-refractivity contribution in [1.82, 2.24) is 10.7 Å². The highest BCUT2D eigenvalue weighted by atomic mass is 15.9. The van der Waals surface area contributed by atoms with Gasteiger partial charge in [0.25, 0.3) is 0 Å². The quantitative estimate of drug-likeness (QED) is 0.239. The zero-order chi connectivity index (χ0) is 10.3. The van der Waals surface area contributed by atoms with E-state index in [1.165, 1.54) is 5.23 Å². The summed E-state index contributed by atoms with van der Waals surface area (Å²) in [6.07, 6.45) is 2.96. The largest absolute Gasteiger partial charge is 0.565 e. The van der Waals surface area contributed by atoms with Crippen LogP contribution in [-0.2, 0) is 0 Å². The van der Waals surface area contributed by atoms with Crippen LogP contribution in [0, 0.1) is 0 Å². The monoisotopic (exact) mass is 188 g/mol. The van der Waals surface area contributed by atoms with Gasteiger partial charge in [-0.05, 0) is 13.3 Å². The lowest BCUT2D eigenvalue weighted by atomic mass is 10.2. The molecular weight excluding hydrogens is 166 g/mol. The molecule has 0 aromatic heterocycles. The van der Waals surface area contributed by atoms with Crippen LogP contribution in [0.15, 0.2) is 0 Å². The Balaban J connectivity index is 3.55. The van der Waals surface area contributed by atoms with Crippen molar-refractivity contribution < 1.29 is 0 Å². The predicted molar refractivity (Wildman–Crippen MR) is 55.2 cm³/mol. The predicted octanol–water partition coefficient (Wildman–Crippen LogP) is 0.840. The summed E-state index contributed by atoms with van der Waals surface area (Å²) >= 11 is 0. The van der Waals surface area contributed by atoms with Crippen molar-refractivity contribution in [2.45, 2.75) is 45.7 Å². The zero-order valence-electron chi connectivity index (χ0n) is 8.88. The van der Waals surface area contributed by atoms with Gasteiger partial charge in [-0.2, -0.15) is 0 Å². The van der Waals surface area contributed by atoms with Gasteiger partial charge in [0, 0.05) is 0 Å². The maximum absolute atomic E-state index is 5.83. The van der Waals surface area contributed by atoms with E-state index in [2.05, 4.69) is 17.8 Å². The fraction of sp³-hybridized carbons (Fsp3) is 1.00. The van der Waals surface area contributed by atoms with Gasteiger partial charge >= 0.3 is 0 Å². The van der Waals surface area contributed by atoms with Gasteiger partial charge in [0.2, 0.25) is 0 Å². The van der Waals surface area contributed by atoms with E-state index in [0.717, 1.165) is 25.8 Å². The molecule has 80 valence electrons. The summed E-state index contributed by atoms with van der Waals surface area (Å²) in [6.45, 7) is 6.72. The van der Waals surface area contributed by atoms with Crippen molar-refractivity contribution in [2.75, 3.05) is 6.54 Å². The molecule has 0 aromatic carbocycles. The van der Waals surface area contributed by atoms with Crippen molar-refractivity contribution in [2.24, 2.45) is 11.6 Å². The Morgan fingerprint density at radius 1 is 1.46 bits per heavy atom. The van der Waals surface area contributed by atoms with Crippen LogP contribution in [-0.4, -0.2) is 17.4 Å². The fourth-order valence-corrected chi connectivity index (χ4v) is 0.713. The molecule has 0 aliphatic rings. The van der Waals surface area contributed by atoms with E-state index in [1.807, 2.05) is 13.8 Å². The van der Waals surface area contributed by atoms with Crippen LogP contribution in [0.4, 0.5) is 0 Å². The van der Waals surface area contributed by atoms with Crippen LogP contribution in [0.25, 0.3) is 5.43 Å². The third-order valence-corrected chi connectivity index (χ3v) is 1.87. The number of hydrogen-bond donors (Lipinski definition) is 3. The van der Waals surface area contributed by atoms with E-state index in [1.54, 1.807) is 0 Å². The van der Waals surface area contributed by atoms with Gasteiger partial charge in [-0.1, -0.05) is 26.7 Å². The standard InChI is InChI=1S/C8H22N5/c1-4-6-7-11-13(10)12-8(3,9)5-2/h12H,4-7,9-10H2,1-3H3/q-1. The molecule has 0 saturated heterocycles. The lowest BCUT2D eigenvalue weighted by molar-refractivity contribution is 0.148. The molecule has 0 aliphatic heterocycles. The highest BCUT2D eigenvalue weighted by molar-refractivity contribution is 4.76. The fourth-order valence-electron chi connectivity index (χ4n) is 0.713. The number of nitrogens with zero attached hydrogens (tertiary/aromatic N) is 2. The Bertz CT molecular complexity index is 126. The molecule has 5 heteroatoms. The number of hydrogen-bond acceptors (Lipinski definition) is 4. The Hall–Kier alpha value is -0.200. The van der Waals surface area contributed by atoms with E-state index in [9.17, 15) is 0 Å². The average Bonchev–Trinajstić information content (AvgIpc) is 2.04. The van der Waals surface area contributed by atoms with Crippen LogP contribution in [0.5, 0.6) is 0 Å². The first-order valence-electron chi connectivity index (χ1n) is 4.80. The first-order chi connectivity index (χ1) is 6.02. The lowest BCUT2D eigenvalue weighted by Gasteiger charge is -2.39. The molecule has 0 saturated carbocycles. The number of rotatable bonds is 7. The van der Waals surface area contributed by atoms with Crippen molar-refractivity contribution in [1.29, 1.82) is 0 Å². The Labute approximate surface area is 80.7 Å². The Morgan fingerprint density at radius 3 is 2.54 bits per heavy atom. The summed E-state index contributed by atoms with van der Waals surface area (Å²) in [6, 6.07) is 0. The van der Waals surface area contributed by atoms with Crippen LogP contribution < -0.4 is 17.0 Å². The normalized spacial score (nSPS) is 16.2. The van der Waals surface area contributed by atoms with E-state index >= 15 is 0 Å². The number of unbranched alkanes of at least 4 members (excludes halogenated alkanes) is 1. The topological polar surface area (TPSA) is 81.4 Å². The lowest BCUT2D eigenvalue weighted by Crippen LogP contribution is -2.58. The Morgan fingerprint density at radius 2 is 2.08 bits per heavy atom. The zero-order valence-corrected chi connectivity index (χ0v) is 8.88. The summed E-state index contributed by atoms with van der Waals surface area (Å²) in [5.41, 5.74) is 12.3. The summed E-state index contributed by atoms with van der Waals surface area (Å²) in [5, 5.41) is 1.22. The van der Waals surface area contributed by atoms with Gasteiger partial charge in [-0.25, -0.2) is 5.43 Å². The molecule has 1 unspecified atom stereocenters. The second-order valence-electron chi connectivity index (χ2n) is 3.45. The maximum atomic E-state index is 5.83. The van der Waals surface area contributed by atoms with Crippen LogP contribution in [0.2, 0.25) is 0 Å². The van der Waals surface area contributed by atoms with Gasteiger partial charge in [-0.15, -0.1) is 6.54 Å². The van der Waals surface area contributed by atoms with E-state index < -0.39 is 5.66 Å². The maximum Gasteiger partial charge on any atom is 0.0760 e. The third kappa shape index (κ3) is 6.92. The van der Waals surface area contributed by atoms with E-state index in [0.29, 0.717) is 0 Å². The van der Waals surface area contributed by atoms with Gasteiger partial charge in [0.1, 0.15) is 0 Å². The second kappa shape index (κ2) is 6.28. The molecule has 5 N–H and O–H groups in total. The van der Waals surface area contributed by atoms with Crippen molar-refractivity contribution in [3.8, 4) is 0 Å².